The van der Waals surface area contributed by atoms with E-state index in [1.807, 2.05) is 42.7 Å². The molecule has 2 heterocycles. The standard InChI is InChI=1S/C30H25ClF2N4O/c1-18-7-28-29(8-19(18)2)37(17-36-28)15-26(38)12-22(9-20-10-24(32)13-25(33)11-20)30-27(14-34-16-35-30)21-3-5-23(31)6-4-21/h3-8,10-11,13-14,16-17,22H,9,12,15H2,1-2H3/t22-/m0/s1. The zero-order valence-corrected chi connectivity index (χ0v) is 21.7. The number of hydrogen-bond donors (Lipinski definition) is 0. The fourth-order valence-corrected chi connectivity index (χ4v) is 4.89. The van der Waals surface area contributed by atoms with Crippen LogP contribution in [0.4, 0.5) is 8.78 Å². The molecule has 5 nitrogen and oxygen atoms in total. The van der Waals surface area contributed by atoms with Gasteiger partial charge in [0.05, 0.1) is 29.6 Å². The van der Waals surface area contributed by atoms with Gasteiger partial charge in [0.1, 0.15) is 18.0 Å². The summed E-state index contributed by atoms with van der Waals surface area (Å²) in [6.07, 6.45) is 5.11. The number of carbonyl (C=O) groups is 1. The predicted octanol–water partition coefficient (Wildman–Crippen LogP) is 7.03. The average molecular weight is 531 g/mol. The second-order valence-electron chi connectivity index (χ2n) is 9.55. The zero-order chi connectivity index (χ0) is 26.8. The summed E-state index contributed by atoms with van der Waals surface area (Å²) >= 11 is 6.08. The minimum absolute atomic E-state index is 0.0509. The molecule has 0 bridgehead atoms. The molecule has 0 aliphatic rings. The van der Waals surface area contributed by atoms with Crippen molar-refractivity contribution in [3.63, 3.8) is 0 Å². The number of rotatable bonds is 8. The van der Waals surface area contributed by atoms with Crippen molar-refractivity contribution in [2.24, 2.45) is 0 Å². The van der Waals surface area contributed by atoms with Crippen molar-refractivity contribution < 1.29 is 13.6 Å². The highest BCUT2D eigenvalue weighted by Gasteiger charge is 2.23. The number of nitrogens with zero attached hydrogens (tertiary/aromatic N) is 4. The SMILES string of the molecule is Cc1cc2ncn(CC(=O)C[C@H](Cc3cc(F)cc(F)c3)c3ncncc3-c3ccc(Cl)cc3)c2cc1C. The van der Waals surface area contributed by atoms with E-state index in [-0.39, 0.29) is 25.2 Å². The third kappa shape index (κ3) is 5.63. The number of imidazole rings is 1. The molecule has 38 heavy (non-hydrogen) atoms. The summed E-state index contributed by atoms with van der Waals surface area (Å²) in [6.45, 7) is 4.17. The summed E-state index contributed by atoms with van der Waals surface area (Å²) in [5.41, 5.74) is 6.60. The number of Topliss-reactive ketones (excluding diaryl/α,β-unsaturated/α-hetero) is 1. The molecule has 8 heteroatoms. The molecule has 5 rings (SSSR count). The van der Waals surface area contributed by atoms with E-state index in [2.05, 4.69) is 15.0 Å². The van der Waals surface area contributed by atoms with Crippen LogP contribution in [-0.2, 0) is 17.8 Å². The van der Waals surface area contributed by atoms with E-state index in [0.717, 1.165) is 39.4 Å². The Labute approximate surface area is 224 Å². The van der Waals surface area contributed by atoms with Crippen LogP contribution < -0.4 is 0 Å². The van der Waals surface area contributed by atoms with Gasteiger partial charge in [0.25, 0.3) is 0 Å². The quantitative estimate of drug-likeness (QED) is 0.216. The smallest absolute Gasteiger partial charge is 0.153 e. The monoisotopic (exact) mass is 530 g/mol. The van der Waals surface area contributed by atoms with Crippen molar-refractivity contribution in [1.29, 1.82) is 0 Å². The summed E-state index contributed by atoms with van der Waals surface area (Å²) in [6, 6.07) is 14.7. The number of fused-ring (bicyclic) bond motifs is 1. The van der Waals surface area contributed by atoms with Crippen molar-refractivity contribution in [2.45, 2.75) is 39.2 Å². The van der Waals surface area contributed by atoms with E-state index in [4.69, 9.17) is 11.6 Å². The van der Waals surface area contributed by atoms with Crippen LogP contribution in [0.3, 0.4) is 0 Å². The van der Waals surface area contributed by atoms with Gasteiger partial charge in [-0.05, 0) is 78.9 Å². The Morgan fingerprint density at radius 1 is 0.974 bits per heavy atom. The van der Waals surface area contributed by atoms with Crippen LogP contribution in [0.1, 0.15) is 34.7 Å². The molecule has 2 aromatic heterocycles. The van der Waals surface area contributed by atoms with E-state index >= 15 is 0 Å². The van der Waals surface area contributed by atoms with E-state index in [0.29, 0.717) is 16.3 Å². The summed E-state index contributed by atoms with van der Waals surface area (Å²) in [5, 5.41) is 0.590. The second-order valence-corrected chi connectivity index (χ2v) is 9.98. The fourth-order valence-electron chi connectivity index (χ4n) is 4.76. The van der Waals surface area contributed by atoms with Crippen LogP contribution in [-0.4, -0.2) is 25.3 Å². The van der Waals surface area contributed by atoms with Gasteiger partial charge in [-0.15, -0.1) is 0 Å². The fraction of sp³-hybridized carbons (Fsp3) is 0.200. The average Bonchev–Trinajstić information content (AvgIpc) is 3.24. The summed E-state index contributed by atoms with van der Waals surface area (Å²) < 4.78 is 29.9. The van der Waals surface area contributed by atoms with Crippen molar-refractivity contribution in [2.75, 3.05) is 0 Å². The maximum atomic E-state index is 14.0. The van der Waals surface area contributed by atoms with Crippen LogP contribution in [0.5, 0.6) is 0 Å². The topological polar surface area (TPSA) is 60.7 Å². The molecule has 0 N–H and O–H groups in total. The third-order valence-electron chi connectivity index (χ3n) is 6.75. The number of aromatic nitrogens is 4. The lowest BCUT2D eigenvalue weighted by atomic mass is 9.87. The number of hydrogen-bond acceptors (Lipinski definition) is 4. The molecule has 0 spiro atoms. The number of benzene rings is 3. The van der Waals surface area contributed by atoms with Gasteiger partial charge in [0.15, 0.2) is 5.78 Å². The molecule has 0 amide bonds. The summed E-state index contributed by atoms with van der Waals surface area (Å²) in [7, 11) is 0. The highest BCUT2D eigenvalue weighted by atomic mass is 35.5. The Kier molecular flexibility index (Phi) is 7.29. The normalized spacial score (nSPS) is 12.1. The molecule has 5 aromatic rings. The van der Waals surface area contributed by atoms with Gasteiger partial charge in [-0.25, -0.2) is 23.7 Å². The molecule has 1 atom stereocenters. The predicted molar refractivity (Wildman–Crippen MR) is 144 cm³/mol. The van der Waals surface area contributed by atoms with E-state index in [1.165, 1.54) is 18.5 Å². The van der Waals surface area contributed by atoms with Crippen molar-refractivity contribution in [3.8, 4) is 11.1 Å². The van der Waals surface area contributed by atoms with Gasteiger partial charge in [0.2, 0.25) is 0 Å². The van der Waals surface area contributed by atoms with Gasteiger partial charge >= 0.3 is 0 Å². The lowest BCUT2D eigenvalue weighted by molar-refractivity contribution is -0.120. The van der Waals surface area contributed by atoms with Crippen LogP contribution in [0.2, 0.25) is 5.02 Å². The molecule has 0 fully saturated rings. The van der Waals surface area contributed by atoms with Gasteiger partial charge in [-0.3, -0.25) is 4.79 Å². The molecule has 0 saturated carbocycles. The Balaban J connectivity index is 1.49. The minimum Gasteiger partial charge on any atom is -0.323 e. The zero-order valence-electron chi connectivity index (χ0n) is 21.0. The molecule has 192 valence electrons. The summed E-state index contributed by atoms with van der Waals surface area (Å²) in [5.74, 6) is -1.83. The third-order valence-corrected chi connectivity index (χ3v) is 7.00. The first-order valence-corrected chi connectivity index (χ1v) is 12.6. The molecular weight excluding hydrogens is 506 g/mol. The number of ketones is 1. The Morgan fingerprint density at radius 2 is 1.68 bits per heavy atom. The molecule has 0 saturated heterocycles. The molecule has 0 radical (unpaired) electrons. The molecule has 3 aromatic carbocycles. The molecule has 0 unspecified atom stereocenters. The largest absolute Gasteiger partial charge is 0.323 e. The first-order valence-electron chi connectivity index (χ1n) is 12.2. The summed E-state index contributed by atoms with van der Waals surface area (Å²) in [4.78, 5) is 26.6. The lowest BCUT2D eigenvalue weighted by Gasteiger charge is -2.20. The van der Waals surface area contributed by atoms with E-state index in [9.17, 15) is 13.6 Å². The van der Waals surface area contributed by atoms with Gasteiger partial charge in [0, 0.05) is 35.2 Å². The maximum absolute atomic E-state index is 14.0. The number of halogens is 3. The number of aryl methyl sites for hydroxylation is 2. The van der Waals surface area contributed by atoms with Crippen molar-refractivity contribution in [3.05, 3.63) is 112 Å². The Hall–Kier alpha value is -3.97. The highest BCUT2D eigenvalue weighted by molar-refractivity contribution is 6.30. The van der Waals surface area contributed by atoms with E-state index < -0.39 is 17.6 Å². The van der Waals surface area contributed by atoms with Crippen LogP contribution in [0.25, 0.3) is 22.2 Å². The van der Waals surface area contributed by atoms with Crippen molar-refractivity contribution >= 4 is 28.4 Å². The molecular formula is C30H25ClF2N4O. The minimum atomic E-state index is -0.666. The second kappa shape index (κ2) is 10.8. The van der Waals surface area contributed by atoms with Crippen molar-refractivity contribution in [1.82, 2.24) is 19.5 Å². The van der Waals surface area contributed by atoms with Gasteiger partial charge in [-0.1, -0.05) is 23.7 Å². The molecule has 0 aliphatic carbocycles. The lowest BCUT2D eigenvalue weighted by Crippen LogP contribution is -2.17. The highest BCUT2D eigenvalue weighted by Crippen LogP contribution is 2.33. The first-order chi connectivity index (χ1) is 18.3. The van der Waals surface area contributed by atoms with Crippen LogP contribution >= 0.6 is 11.6 Å². The van der Waals surface area contributed by atoms with E-state index in [1.54, 1.807) is 24.7 Å². The maximum Gasteiger partial charge on any atom is 0.153 e. The van der Waals surface area contributed by atoms with Gasteiger partial charge < -0.3 is 4.57 Å². The number of carbonyl (C=O) groups excluding carboxylic acids is 1. The van der Waals surface area contributed by atoms with Crippen LogP contribution in [0.15, 0.2) is 73.4 Å². The van der Waals surface area contributed by atoms with Crippen LogP contribution in [0, 0.1) is 25.5 Å². The first kappa shape index (κ1) is 25.7. The molecule has 0 aliphatic heterocycles. The Morgan fingerprint density at radius 3 is 2.42 bits per heavy atom. The Bertz CT molecular complexity index is 1610. The van der Waals surface area contributed by atoms with Gasteiger partial charge in [-0.2, -0.15) is 0 Å².